The highest BCUT2D eigenvalue weighted by molar-refractivity contribution is 5.77. The van der Waals surface area contributed by atoms with Crippen LogP contribution >= 0.6 is 0 Å². The molecule has 0 aromatic heterocycles. The molecule has 0 spiro atoms. The van der Waals surface area contributed by atoms with Crippen molar-refractivity contribution in [3.05, 3.63) is 23.8 Å². The number of hydrogen-bond donors (Lipinski definition) is 2. The van der Waals surface area contributed by atoms with Crippen molar-refractivity contribution in [2.24, 2.45) is 17.6 Å². The molecule has 3 N–H and O–H groups in total. The standard InChI is InChI=1S/C28H43NO8/c1-7-8-9-10-24(30)35-19(6)15-21(27(29)28(33)34)20-11-12-22(36-25(31)13-17(2)3)23(16-20)37-26(32)14-18(4)5/h11-12,16-19,21,27H,7-10,13-15,29H2,1-6H3,(H,33,34)/t19?,21?,27-/m0/s1. The van der Waals surface area contributed by atoms with Gasteiger partial charge in [0.2, 0.25) is 0 Å². The van der Waals surface area contributed by atoms with E-state index in [1.807, 2.05) is 34.6 Å². The summed E-state index contributed by atoms with van der Waals surface area (Å²) in [4.78, 5) is 48.7. The van der Waals surface area contributed by atoms with E-state index in [0.717, 1.165) is 19.3 Å². The predicted octanol–water partition coefficient (Wildman–Crippen LogP) is 4.99. The van der Waals surface area contributed by atoms with Crippen LogP contribution in [0.4, 0.5) is 0 Å². The minimum Gasteiger partial charge on any atom is -0.480 e. The van der Waals surface area contributed by atoms with Crippen LogP contribution in [0.2, 0.25) is 0 Å². The van der Waals surface area contributed by atoms with Gasteiger partial charge in [0.25, 0.3) is 0 Å². The van der Waals surface area contributed by atoms with Crippen LogP contribution in [0.1, 0.15) is 98.0 Å². The molecule has 0 aliphatic carbocycles. The Bertz CT molecular complexity index is 911. The summed E-state index contributed by atoms with van der Waals surface area (Å²) in [6.07, 6.45) is 2.77. The zero-order chi connectivity index (χ0) is 28.1. The average Bonchev–Trinajstić information content (AvgIpc) is 2.77. The first kappa shape index (κ1) is 32.1. The fraction of sp³-hybridized carbons (Fsp3) is 0.643. The Morgan fingerprint density at radius 1 is 0.865 bits per heavy atom. The van der Waals surface area contributed by atoms with Crippen molar-refractivity contribution in [2.45, 2.75) is 105 Å². The van der Waals surface area contributed by atoms with Gasteiger partial charge in [-0.05, 0) is 49.3 Å². The lowest BCUT2D eigenvalue weighted by Crippen LogP contribution is -2.38. The first-order chi connectivity index (χ1) is 17.3. The lowest BCUT2D eigenvalue weighted by Gasteiger charge is -2.25. The maximum atomic E-state index is 12.4. The number of carboxylic acid groups (broad SMARTS) is 1. The highest BCUT2D eigenvalue weighted by atomic mass is 16.6. The van der Waals surface area contributed by atoms with Gasteiger partial charge < -0.3 is 25.1 Å². The summed E-state index contributed by atoms with van der Waals surface area (Å²) in [5, 5.41) is 9.64. The molecule has 0 bridgehead atoms. The van der Waals surface area contributed by atoms with Crippen molar-refractivity contribution in [3.8, 4) is 11.5 Å². The predicted molar refractivity (Wildman–Crippen MR) is 139 cm³/mol. The second-order valence-corrected chi connectivity index (χ2v) is 10.3. The average molecular weight is 522 g/mol. The fourth-order valence-electron chi connectivity index (χ4n) is 3.79. The fourth-order valence-corrected chi connectivity index (χ4v) is 3.79. The van der Waals surface area contributed by atoms with Crippen LogP contribution in [0.5, 0.6) is 11.5 Å². The Labute approximate surface area is 220 Å². The lowest BCUT2D eigenvalue weighted by atomic mass is 9.87. The van der Waals surface area contributed by atoms with Crippen molar-refractivity contribution in [1.82, 2.24) is 0 Å². The molecule has 0 amide bonds. The van der Waals surface area contributed by atoms with Crippen molar-refractivity contribution >= 4 is 23.9 Å². The van der Waals surface area contributed by atoms with E-state index in [0.29, 0.717) is 12.0 Å². The molecule has 1 aromatic carbocycles. The number of nitrogens with two attached hydrogens (primary N) is 1. The van der Waals surface area contributed by atoms with Gasteiger partial charge in [-0.15, -0.1) is 0 Å². The molecule has 2 unspecified atom stereocenters. The maximum absolute atomic E-state index is 12.4. The van der Waals surface area contributed by atoms with E-state index in [1.165, 1.54) is 12.1 Å². The molecule has 0 saturated carbocycles. The summed E-state index contributed by atoms with van der Waals surface area (Å²) in [6, 6.07) is 3.21. The number of hydrogen-bond acceptors (Lipinski definition) is 8. The highest BCUT2D eigenvalue weighted by Crippen LogP contribution is 2.35. The van der Waals surface area contributed by atoms with Crippen molar-refractivity contribution in [1.29, 1.82) is 0 Å². The number of carbonyl (C=O) groups is 4. The number of benzene rings is 1. The molecule has 0 heterocycles. The summed E-state index contributed by atoms with van der Waals surface area (Å²) in [5.41, 5.74) is 6.49. The molecular weight excluding hydrogens is 478 g/mol. The number of rotatable bonds is 16. The third-order valence-electron chi connectivity index (χ3n) is 5.61. The van der Waals surface area contributed by atoms with Crippen molar-refractivity contribution in [2.75, 3.05) is 0 Å². The lowest BCUT2D eigenvalue weighted by molar-refractivity contribution is -0.149. The molecule has 1 aromatic rings. The highest BCUT2D eigenvalue weighted by Gasteiger charge is 2.30. The topological polar surface area (TPSA) is 142 Å². The number of ether oxygens (including phenoxy) is 3. The maximum Gasteiger partial charge on any atom is 0.321 e. The molecule has 0 aliphatic rings. The van der Waals surface area contributed by atoms with E-state index in [1.54, 1.807) is 13.0 Å². The number of esters is 3. The monoisotopic (exact) mass is 521 g/mol. The van der Waals surface area contributed by atoms with Gasteiger partial charge in [-0.2, -0.15) is 0 Å². The SMILES string of the molecule is CCCCCC(=O)OC(C)CC(c1ccc(OC(=O)CC(C)C)c(OC(=O)CC(C)C)c1)[C@H](N)C(=O)O. The number of unbranched alkanes of at least 4 members (excludes halogenated alkanes) is 2. The molecule has 9 nitrogen and oxygen atoms in total. The quantitative estimate of drug-likeness (QED) is 0.175. The summed E-state index contributed by atoms with van der Waals surface area (Å²) in [7, 11) is 0. The van der Waals surface area contributed by atoms with Crippen molar-refractivity contribution < 1.29 is 38.5 Å². The third-order valence-corrected chi connectivity index (χ3v) is 5.61. The summed E-state index contributed by atoms with van der Waals surface area (Å²) in [6.45, 7) is 11.2. The number of aliphatic carboxylic acids is 1. The van der Waals surface area contributed by atoms with Crippen molar-refractivity contribution in [3.63, 3.8) is 0 Å². The third kappa shape index (κ3) is 12.2. The normalized spacial score (nSPS) is 13.6. The van der Waals surface area contributed by atoms with Crippen LogP contribution in [-0.4, -0.2) is 41.1 Å². The summed E-state index contributed by atoms with van der Waals surface area (Å²) in [5.74, 6) is -3.15. The van der Waals surface area contributed by atoms with E-state index in [4.69, 9.17) is 19.9 Å². The Hall–Kier alpha value is -2.94. The van der Waals surface area contributed by atoms with Crippen LogP contribution < -0.4 is 15.2 Å². The molecule has 37 heavy (non-hydrogen) atoms. The van der Waals surface area contributed by atoms with Crippen LogP contribution in [0.15, 0.2) is 18.2 Å². The molecule has 1 rings (SSSR count). The largest absolute Gasteiger partial charge is 0.480 e. The molecule has 0 fully saturated rings. The second kappa shape index (κ2) is 16.0. The number of carbonyl (C=O) groups excluding carboxylic acids is 3. The molecule has 9 heteroatoms. The number of carboxylic acids is 1. The molecule has 0 aliphatic heterocycles. The first-order valence-electron chi connectivity index (χ1n) is 13.1. The first-order valence-corrected chi connectivity index (χ1v) is 13.1. The molecule has 208 valence electrons. The van der Waals surface area contributed by atoms with E-state index >= 15 is 0 Å². The van der Waals surface area contributed by atoms with Gasteiger partial charge in [0.15, 0.2) is 11.5 Å². The van der Waals surface area contributed by atoms with E-state index in [9.17, 15) is 24.3 Å². The van der Waals surface area contributed by atoms with Crippen LogP contribution in [-0.2, 0) is 23.9 Å². The van der Waals surface area contributed by atoms with Gasteiger partial charge in [0.1, 0.15) is 6.04 Å². The summed E-state index contributed by atoms with van der Waals surface area (Å²) < 4.78 is 16.5. The zero-order valence-electron chi connectivity index (χ0n) is 23.0. The summed E-state index contributed by atoms with van der Waals surface area (Å²) >= 11 is 0. The Morgan fingerprint density at radius 2 is 1.43 bits per heavy atom. The smallest absolute Gasteiger partial charge is 0.321 e. The van der Waals surface area contributed by atoms with Gasteiger partial charge in [-0.1, -0.05) is 53.5 Å². The Morgan fingerprint density at radius 3 is 1.95 bits per heavy atom. The zero-order valence-corrected chi connectivity index (χ0v) is 23.0. The van der Waals surface area contributed by atoms with Crippen LogP contribution in [0.3, 0.4) is 0 Å². The Kier molecular flexibility index (Phi) is 13.9. The van der Waals surface area contributed by atoms with Crippen LogP contribution in [0, 0.1) is 11.8 Å². The van der Waals surface area contributed by atoms with E-state index in [-0.39, 0.29) is 48.6 Å². The second-order valence-electron chi connectivity index (χ2n) is 10.3. The minimum absolute atomic E-state index is 0.00654. The van der Waals surface area contributed by atoms with E-state index < -0.39 is 36.0 Å². The van der Waals surface area contributed by atoms with Gasteiger partial charge in [-0.25, -0.2) is 0 Å². The molecule has 0 saturated heterocycles. The van der Waals surface area contributed by atoms with Gasteiger partial charge in [0, 0.05) is 25.2 Å². The Balaban J connectivity index is 3.26. The minimum atomic E-state index is -1.31. The van der Waals surface area contributed by atoms with Crippen LogP contribution in [0.25, 0.3) is 0 Å². The molecular formula is C28H43NO8. The van der Waals surface area contributed by atoms with Gasteiger partial charge in [-0.3, -0.25) is 19.2 Å². The van der Waals surface area contributed by atoms with Gasteiger partial charge in [0.05, 0.1) is 6.10 Å². The van der Waals surface area contributed by atoms with Gasteiger partial charge >= 0.3 is 23.9 Å². The van der Waals surface area contributed by atoms with E-state index in [2.05, 4.69) is 0 Å². The molecule has 0 radical (unpaired) electrons. The molecule has 3 atom stereocenters.